The van der Waals surface area contributed by atoms with E-state index in [1.165, 1.54) is 0 Å². The van der Waals surface area contributed by atoms with E-state index in [1.807, 2.05) is 23.6 Å². The van der Waals surface area contributed by atoms with Crippen LogP contribution in [0.4, 0.5) is 5.69 Å². The third kappa shape index (κ3) is 3.03. The highest BCUT2D eigenvalue weighted by Crippen LogP contribution is 2.28. The molecule has 0 amide bonds. The molecule has 0 saturated heterocycles. The van der Waals surface area contributed by atoms with Crippen molar-refractivity contribution < 1.29 is 0 Å². The van der Waals surface area contributed by atoms with Crippen LogP contribution in [0.25, 0.3) is 0 Å². The summed E-state index contributed by atoms with van der Waals surface area (Å²) in [6.07, 6.45) is 1.79. The molecule has 0 bridgehead atoms. The molecule has 0 fully saturated rings. The number of benzene rings is 1. The molecule has 3 nitrogen and oxygen atoms in total. The summed E-state index contributed by atoms with van der Waals surface area (Å²) in [7, 11) is 0. The first kappa shape index (κ1) is 12.9. The maximum Gasteiger partial charge on any atom is 0.112 e. The molecule has 1 aromatic carbocycles. The number of nitrogens with zero attached hydrogens (tertiary/aromatic N) is 2. The number of hydrogen-bond donors (Lipinski definition) is 1. The number of rotatable bonds is 5. The predicted molar refractivity (Wildman–Crippen MR) is 77.0 cm³/mol. The Kier molecular flexibility index (Phi) is 4.62. The van der Waals surface area contributed by atoms with E-state index in [9.17, 15) is 5.26 Å². The maximum absolute atomic E-state index is 9.27. The van der Waals surface area contributed by atoms with Crippen molar-refractivity contribution in [3.63, 3.8) is 0 Å². The van der Waals surface area contributed by atoms with Crippen molar-refractivity contribution >= 4 is 28.8 Å². The zero-order chi connectivity index (χ0) is 12.8. The topological polar surface area (TPSA) is 48.7 Å². The fourth-order valence-corrected chi connectivity index (χ4v) is 2.92. The first-order valence-electron chi connectivity index (χ1n) is 5.63. The van der Waals surface area contributed by atoms with Crippen LogP contribution in [0.5, 0.6) is 0 Å². The van der Waals surface area contributed by atoms with Crippen molar-refractivity contribution in [3.8, 4) is 6.07 Å². The third-order valence-electron chi connectivity index (χ3n) is 2.35. The molecule has 18 heavy (non-hydrogen) atoms. The Morgan fingerprint density at radius 1 is 1.50 bits per heavy atom. The first-order valence-corrected chi connectivity index (χ1v) is 7.49. The van der Waals surface area contributed by atoms with Crippen molar-refractivity contribution in [1.82, 2.24) is 4.98 Å². The minimum absolute atomic E-state index is 0.659. The fraction of sp³-hybridized carbons (Fsp3) is 0.231. The Morgan fingerprint density at radius 3 is 3.06 bits per heavy atom. The molecule has 2 aromatic rings. The van der Waals surface area contributed by atoms with Gasteiger partial charge in [-0.3, -0.25) is 0 Å². The second-order valence-electron chi connectivity index (χ2n) is 3.50. The molecule has 1 heterocycles. The van der Waals surface area contributed by atoms with Gasteiger partial charge in [0.1, 0.15) is 11.1 Å². The number of thiazole rings is 1. The van der Waals surface area contributed by atoms with Crippen molar-refractivity contribution in [1.29, 1.82) is 5.26 Å². The first-order chi connectivity index (χ1) is 8.85. The van der Waals surface area contributed by atoms with Crippen LogP contribution in [0.1, 0.15) is 17.5 Å². The van der Waals surface area contributed by atoms with Crippen LogP contribution in [-0.4, -0.2) is 10.7 Å². The van der Waals surface area contributed by atoms with E-state index in [0.717, 1.165) is 26.9 Å². The van der Waals surface area contributed by atoms with E-state index in [2.05, 4.69) is 23.3 Å². The monoisotopic (exact) mass is 275 g/mol. The zero-order valence-corrected chi connectivity index (χ0v) is 11.6. The molecule has 92 valence electrons. The zero-order valence-electron chi connectivity index (χ0n) is 10.0. The van der Waals surface area contributed by atoms with Crippen LogP contribution >= 0.6 is 23.1 Å². The summed E-state index contributed by atoms with van der Waals surface area (Å²) in [5, 5.41) is 15.5. The molecule has 2 rings (SSSR count). The molecule has 1 N–H and O–H groups in total. The SMILES string of the molecule is CCSc1cccc(NCc2nccs2)c1C#N. The molecule has 0 unspecified atom stereocenters. The Labute approximate surface area is 115 Å². The molecule has 0 aliphatic rings. The molecule has 0 saturated carbocycles. The minimum atomic E-state index is 0.659. The van der Waals surface area contributed by atoms with Gasteiger partial charge in [-0.1, -0.05) is 13.0 Å². The number of thioether (sulfide) groups is 1. The molecular weight excluding hydrogens is 262 g/mol. The standard InChI is InChI=1S/C13H13N3S2/c1-2-17-12-5-3-4-11(10(12)8-14)16-9-13-15-6-7-18-13/h3-7,16H,2,9H2,1H3. The molecular formula is C13H13N3S2. The second kappa shape index (κ2) is 6.43. The maximum atomic E-state index is 9.27. The summed E-state index contributed by atoms with van der Waals surface area (Å²) in [4.78, 5) is 5.25. The van der Waals surface area contributed by atoms with E-state index in [4.69, 9.17) is 0 Å². The number of aromatic nitrogens is 1. The summed E-state index contributed by atoms with van der Waals surface area (Å²) >= 11 is 3.30. The van der Waals surface area contributed by atoms with E-state index < -0.39 is 0 Å². The molecule has 0 atom stereocenters. The average Bonchev–Trinajstić information content (AvgIpc) is 2.90. The Balaban J connectivity index is 2.17. The summed E-state index contributed by atoms with van der Waals surface area (Å²) in [6.45, 7) is 2.74. The van der Waals surface area contributed by atoms with Gasteiger partial charge in [0.25, 0.3) is 0 Å². The van der Waals surface area contributed by atoms with E-state index in [-0.39, 0.29) is 0 Å². The van der Waals surface area contributed by atoms with Crippen molar-refractivity contribution in [2.75, 3.05) is 11.1 Å². The van der Waals surface area contributed by atoms with Gasteiger partial charge in [0.05, 0.1) is 17.8 Å². The molecule has 0 aliphatic carbocycles. The lowest BCUT2D eigenvalue weighted by atomic mass is 10.2. The molecule has 1 aromatic heterocycles. The second-order valence-corrected chi connectivity index (χ2v) is 5.79. The predicted octanol–water partition coefficient (Wildman–Crippen LogP) is 3.74. The summed E-state index contributed by atoms with van der Waals surface area (Å²) in [6, 6.07) is 8.18. The lowest BCUT2D eigenvalue weighted by molar-refractivity contribution is 1.10. The summed E-state index contributed by atoms with van der Waals surface area (Å²) in [5.41, 5.74) is 1.60. The van der Waals surface area contributed by atoms with Gasteiger partial charge in [0.15, 0.2) is 0 Å². The van der Waals surface area contributed by atoms with Crippen LogP contribution in [0.3, 0.4) is 0 Å². The van der Waals surface area contributed by atoms with Gasteiger partial charge in [-0.2, -0.15) is 5.26 Å². The van der Waals surface area contributed by atoms with Gasteiger partial charge in [-0.05, 0) is 17.9 Å². The Morgan fingerprint density at radius 2 is 2.39 bits per heavy atom. The van der Waals surface area contributed by atoms with Gasteiger partial charge in [0.2, 0.25) is 0 Å². The third-order valence-corrected chi connectivity index (χ3v) is 4.07. The van der Waals surface area contributed by atoms with Crippen molar-refractivity contribution in [3.05, 3.63) is 40.3 Å². The van der Waals surface area contributed by atoms with Gasteiger partial charge < -0.3 is 5.32 Å². The van der Waals surface area contributed by atoms with E-state index in [1.54, 1.807) is 29.3 Å². The van der Waals surface area contributed by atoms with Crippen LogP contribution in [-0.2, 0) is 6.54 Å². The molecule has 5 heteroatoms. The summed E-state index contributed by atoms with van der Waals surface area (Å²) in [5.74, 6) is 0.963. The summed E-state index contributed by atoms with van der Waals surface area (Å²) < 4.78 is 0. The molecule has 0 aliphatic heterocycles. The van der Waals surface area contributed by atoms with E-state index in [0.29, 0.717) is 6.54 Å². The smallest absolute Gasteiger partial charge is 0.112 e. The van der Waals surface area contributed by atoms with Gasteiger partial charge >= 0.3 is 0 Å². The fourth-order valence-electron chi connectivity index (χ4n) is 1.58. The van der Waals surface area contributed by atoms with Gasteiger partial charge in [-0.15, -0.1) is 23.1 Å². The van der Waals surface area contributed by atoms with Crippen LogP contribution in [0.15, 0.2) is 34.7 Å². The van der Waals surface area contributed by atoms with Crippen molar-refractivity contribution in [2.24, 2.45) is 0 Å². The number of nitriles is 1. The Bertz CT molecular complexity index is 544. The van der Waals surface area contributed by atoms with Gasteiger partial charge in [0, 0.05) is 16.5 Å². The lowest BCUT2D eigenvalue weighted by Crippen LogP contribution is -2.01. The van der Waals surface area contributed by atoms with E-state index >= 15 is 0 Å². The number of anilines is 1. The van der Waals surface area contributed by atoms with Crippen LogP contribution in [0.2, 0.25) is 0 Å². The highest BCUT2D eigenvalue weighted by molar-refractivity contribution is 7.99. The largest absolute Gasteiger partial charge is 0.377 e. The van der Waals surface area contributed by atoms with Gasteiger partial charge in [-0.25, -0.2) is 4.98 Å². The lowest BCUT2D eigenvalue weighted by Gasteiger charge is -2.09. The Hall–Kier alpha value is -1.51. The minimum Gasteiger partial charge on any atom is -0.377 e. The number of hydrogen-bond acceptors (Lipinski definition) is 5. The number of nitrogens with one attached hydrogen (secondary N) is 1. The molecule has 0 radical (unpaired) electrons. The highest BCUT2D eigenvalue weighted by atomic mass is 32.2. The highest BCUT2D eigenvalue weighted by Gasteiger charge is 2.08. The van der Waals surface area contributed by atoms with Crippen LogP contribution in [0, 0.1) is 11.3 Å². The van der Waals surface area contributed by atoms with Crippen LogP contribution < -0.4 is 5.32 Å². The molecule has 0 spiro atoms. The van der Waals surface area contributed by atoms with Crippen molar-refractivity contribution in [2.45, 2.75) is 18.4 Å². The quantitative estimate of drug-likeness (QED) is 0.844. The average molecular weight is 275 g/mol. The normalized spacial score (nSPS) is 10.0.